The third-order valence-electron chi connectivity index (χ3n) is 7.00. The quantitative estimate of drug-likeness (QED) is 0.294. The summed E-state index contributed by atoms with van der Waals surface area (Å²) in [6.07, 6.45) is 5.09. The van der Waals surface area contributed by atoms with Crippen LogP contribution in [0.4, 0.5) is 0 Å². The minimum atomic E-state index is -1.49. The number of ether oxygens (including phenoxy) is 1. The van der Waals surface area contributed by atoms with Crippen molar-refractivity contribution in [1.29, 1.82) is 0 Å². The molecule has 3 heteroatoms. The first-order valence-corrected chi connectivity index (χ1v) is 12.3. The molecule has 0 heterocycles. The third kappa shape index (κ3) is 5.38. The lowest BCUT2D eigenvalue weighted by Gasteiger charge is -2.43. The van der Waals surface area contributed by atoms with Crippen molar-refractivity contribution in [2.45, 2.75) is 77.9 Å². The van der Waals surface area contributed by atoms with E-state index in [2.05, 4.69) is 27.7 Å². The van der Waals surface area contributed by atoms with Crippen molar-refractivity contribution in [2.24, 2.45) is 17.8 Å². The van der Waals surface area contributed by atoms with E-state index in [4.69, 9.17) is 4.74 Å². The Morgan fingerprint density at radius 2 is 1.47 bits per heavy atom. The standard InChI is InChI=1S/C29H38O3/c1-5-6-19-29(27(30)23-13-9-7-10-14-23,28(31)24-15-11-8-12-16-24)32-26-20-22(4)17-18-25(26)21(2)3/h7-16,21-22,25-26H,5-6,17-20H2,1-4H3. The summed E-state index contributed by atoms with van der Waals surface area (Å²) in [5, 5.41) is 0. The van der Waals surface area contributed by atoms with E-state index in [0.717, 1.165) is 25.7 Å². The van der Waals surface area contributed by atoms with Crippen LogP contribution in [-0.4, -0.2) is 23.3 Å². The Labute approximate surface area is 193 Å². The molecule has 0 bridgehead atoms. The third-order valence-corrected chi connectivity index (χ3v) is 7.00. The topological polar surface area (TPSA) is 43.4 Å². The molecule has 0 saturated heterocycles. The number of rotatable bonds is 10. The van der Waals surface area contributed by atoms with E-state index in [9.17, 15) is 9.59 Å². The second-order valence-corrected chi connectivity index (χ2v) is 9.80. The van der Waals surface area contributed by atoms with Crippen LogP contribution in [0.5, 0.6) is 0 Å². The first kappa shape index (κ1) is 24.4. The average Bonchev–Trinajstić information content (AvgIpc) is 2.82. The molecule has 3 atom stereocenters. The first-order chi connectivity index (χ1) is 15.4. The van der Waals surface area contributed by atoms with Gasteiger partial charge in [-0.05, 0) is 43.4 Å². The van der Waals surface area contributed by atoms with E-state index in [1.165, 1.54) is 6.42 Å². The zero-order valence-electron chi connectivity index (χ0n) is 20.1. The summed E-state index contributed by atoms with van der Waals surface area (Å²) < 4.78 is 6.86. The number of carbonyl (C=O) groups excluding carboxylic acids is 2. The maximum atomic E-state index is 14.1. The molecular formula is C29H38O3. The maximum Gasteiger partial charge on any atom is 0.202 e. The molecule has 1 aliphatic carbocycles. The smallest absolute Gasteiger partial charge is 0.202 e. The van der Waals surface area contributed by atoms with E-state index in [1.807, 2.05) is 36.4 Å². The van der Waals surface area contributed by atoms with Gasteiger partial charge in [-0.15, -0.1) is 0 Å². The van der Waals surface area contributed by atoms with Gasteiger partial charge in [-0.2, -0.15) is 0 Å². The van der Waals surface area contributed by atoms with Crippen LogP contribution in [0.3, 0.4) is 0 Å². The summed E-state index contributed by atoms with van der Waals surface area (Å²) in [4.78, 5) is 28.1. The van der Waals surface area contributed by atoms with Gasteiger partial charge in [0.1, 0.15) is 0 Å². The fourth-order valence-electron chi connectivity index (χ4n) is 5.08. The van der Waals surface area contributed by atoms with Gasteiger partial charge in [0.2, 0.25) is 11.6 Å². The maximum absolute atomic E-state index is 14.1. The largest absolute Gasteiger partial charge is 0.355 e. The Bertz CT molecular complexity index is 820. The molecule has 0 radical (unpaired) electrons. The van der Waals surface area contributed by atoms with Crippen LogP contribution in [0.25, 0.3) is 0 Å². The molecule has 0 aromatic heterocycles. The van der Waals surface area contributed by atoms with E-state index in [1.54, 1.807) is 24.3 Å². The lowest BCUT2D eigenvalue weighted by molar-refractivity contribution is -0.104. The van der Waals surface area contributed by atoms with Gasteiger partial charge < -0.3 is 4.74 Å². The molecule has 3 nitrogen and oxygen atoms in total. The molecule has 1 saturated carbocycles. The molecule has 0 spiro atoms. The van der Waals surface area contributed by atoms with Gasteiger partial charge in [0.05, 0.1) is 6.10 Å². The van der Waals surface area contributed by atoms with Crippen LogP contribution in [-0.2, 0) is 4.74 Å². The highest BCUT2D eigenvalue weighted by atomic mass is 16.5. The Balaban J connectivity index is 2.10. The molecule has 3 unspecified atom stereocenters. The summed E-state index contributed by atoms with van der Waals surface area (Å²) in [6, 6.07) is 18.4. The highest BCUT2D eigenvalue weighted by molar-refractivity contribution is 6.22. The monoisotopic (exact) mass is 434 g/mol. The second kappa shape index (κ2) is 11.0. The predicted molar refractivity (Wildman–Crippen MR) is 130 cm³/mol. The highest BCUT2D eigenvalue weighted by Gasteiger charge is 2.50. The fraction of sp³-hybridized carbons (Fsp3) is 0.517. The van der Waals surface area contributed by atoms with Crippen molar-refractivity contribution in [3.8, 4) is 0 Å². The number of benzene rings is 2. The lowest BCUT2D eigenvalue weighted by Crippen LogP contribution is -2.53. The molecule has 2 aromatic carbocycles. The fourth-order valence-corrected chi connectivity index (χ4v) is 5.08. The van der Waals surface area contributed by atoms with E-state index < -0.39 is 5.60 Å². The summed E-state index contributed by atoms with van der Waals surface area (Å²) >= 11 is 0. The lowest BCUT2D eigenvalue weighted by atomic mass is 9.74. The summed E-state index contributed by atoms with van der Waals surface area (Å²) in [7, 11) is 0. The average molecular weight is 435 g/mol. The molecule has 0 N–H and O–H groups in total. The Kier molecular flexibility index (Phi) is 8.42. The van der Waals surface area contributed by atoms with Crippen molar-refractivity contribution in [1.82, 2.24) is 0 Å². The van der Waals surface area contributed by atoms with Crippen LogP contribution in [0.1, 0.15) is 86.9 Å². The van der Waals surface area contributed by atoms with E-state index in [-0.39, 0.29) is 17.7 Å². The molecule has 0 amide bonds. The van der Waals surface area contributed by atoms with Crippen molar-refractivity contribution in [3.63, 3.8) is 0 Å². The molecule has 2 aromatic rings. The Morgan fingerprint density at radius 3 is 1.94 bits per heavy atom. The van der Waals surface area contributed by atoms with Crippen molar-refractivity contribution in [2.75, 3.05) is 0 Å². The van der Waals surface area contributed by atoms with Crippen LogP contribution < -0.4 is 0 Å². The van der Waals surface area contributed by atoms with Gasteiger partial charge in [0.25, 0.3) is 0 Å². The van der Waals surface area contributed by atoms with Gasteiger partial charge in [-0.1, -0.05) is 101 Å². The van der Waals surface area contributed by atoms with Gasteiger partial charge in [0, 0.05) is 11.1 Å². The Morgan fingerprint density at radius 1 is 0.938 bits per heavy atom. The van der Waals surface area contributed by atoms with Crippen LogP contribution in [0, 0.1) is 17.8 Å². The van der Waals surface area contributed by atoms with Crippen LogP contribution >= 0.6 is 0 Å². The van der Waals surface area contributed by atoms with Crippen LogP contribution in [0.15, 0.2) is 60.7 Å². The minimum Gasteiger partial charge on any atom is -0.355 e. The summed E-state index contributed by atoms with van der Waals surface area (Å²) in [5.41, 5.74) is -0.413. The number of Topliss-reactive ketones (excluding diaryl/α,β-unsaturated/α-hetero) is 2. The molecule has 1 aliphatic rings. The number of ketones is 2. The van der Waals surface area contributed by atoms with Crippen molar-refractivity contribution >= 4 is 11.6 Å². The summed E-state index contributed by atoms with van der Waals surface area (Å²) in [5.74, 6) is 0.897. The molecule has 1 fully saturated rings. The minimum absolute atomic E-state index is 0.101. The van der Waals surface area contributed by atoms with Crippen molar-refractivity contribution < 1.29 is 14.3 Å². The zero-order valence-corrected chi connectivity index (χ0v) is 20.1. The number of hydrogen-bond donors (Lipinski definition) is 0. The normalized spacial score (nSPS) is 21.5. The Hall–Kier alpha value is -2.26. The first-order valence-electron chi connectivity index (χ1n) is 12.3. The van der Waals surface area contributed by atoms with Crippen molar-refractivity contribution in [3.05, 3.63) is 71.8 Å². The number of hydrogen-bond acceptors (Lipinski definition) is 3. The molecule has 32 heavy (non-hydrogen) atoms. The zero-order chi connectivity index (χ0) is 23.1. The number of carbonyl (C=O) groups is 2. The van der Waals surface area contributed by atoms with E-state index >= 15 is 0 Å². The highest BCUT2D eigenvalue weighted by Crippen LogP contribution is 2.40. The molecule has 3 rings (SSSR count). The van der Waals surface area contributed by atoms with Gasteiger partial charge >= 0.3 is 0 Å². The molecule has 172 valence electrons. The second-order valence-electron chi connectivity index (χ2n) is 9.80. The molecular weight excluding hydrogens is 396 g/mol. The van der Waals surface area contributed by atoms with Gasteiger partial charge in [0.15, 0.2) is 5.60 Å². The summed E-state index contributed by atoms with van der Waals surface area (Å²) in [6.45, 7) is 8.79. The SMILES string of the molecule is CCCCC(OC1CC(C)CCC1C(C)C)(C(=O)c1ccccc1)C(=O)c1ccccc1. The van der Waals surface area contributed by atoms with Gasteiger partial charge in [-0.25, -0.2) is 0 Å². The van der Waals surface area contributed by atoms with Gasteiger partial charge in [-0.3, -0.25) is 9.59 Å². The van der Waals surface area contributed by atoms with Crippen LogP contribution in [0.2, 0.25) is 0 Å². The molecule has 0 aliphatic heterocycles. The predicted octanol–water partition coefficient (Wildman–Crippen LogP) is 7.16. The number of unbranched alkanes of at least 4 members (excludes halogenated alkanes) is 1. The van der Waals surface area contributed by atoms with E-state index in [0.29, 0.717) is 35.3 Å².